The average molecular weight is 435 g/mol. The van der Waals surface area contributed by atoms with Crippen molar-refractivity contribution in [3.05, 3.63) is 48.0 Å². The number of hydrogen-bond donors (Lipinski definition) is 1. The Morgan fingerprint density at radius 2 is 2.06 bits per heavy atom. The lowest BCUT2D eigenvalue weighted by molar-refractivity contribution is -0.125. The number of rotatable bonds is 5. The Balaban J connectivity index is 1.40. The highest BCUT2D eigenvalue weighted by Gasteiger charge is 2.29. The summed E-state index contributed by atoms with van der Waals surface area (Å²) in [7, 11) is 0. The molecule has 0 bridgehead atoms. The molecule has 1 N–H and O–H groups in total. The highest BCUT2D eigenvalue weighted by molar-refractivity contribution is 7.13. The molecule has 158 valence electrons. The van der Waals surface area contributed by atoms with Crippen LogP contribution in [-0.4, -0.2) is 41.0 Å². The highest BCUT2D eigenvalue weighted by Crippen LogP contribution is 2.37. The number of nitrogens with zero attached hydrogens (tertiary/aromatic N) is 3. The molecule has 3 heterocycles. The van der Waals surface area contributed by atoms with Crippen LogP contribution in [0.2, 0.25) is 0 Å². The molecule has 1 aliphatic carbocycles. The predicted molar refractivity (Wildman–Crippen MR) is 119 cm³/mol. The number of aromatic nitrogens is 2. The summed E-state index contributed by atoms with van der Waals surface area (Å²) in [5.41, 5.74) is 3.07. The third-order valence-corrected chi connectivity index (χ3v) is 6.47. The number of nitrogens with one attached hydrogen (secondary N) is 1. The quantitative estimate of drug-likeness (QED) is 0.663. The van der Waals surface area contributed by atoms with Crippen LogP contribution in [0.4, 0.5) is 5.69 Å². The van der Waals surface area contributed by atoms with Gasteiger partial charge in [0.1, 0.15) is 17.3 Å². The second-order valence-electron chi connectivity index (χ2n) is 7.75. The third kappa shape index (κ3) is 4.16. The minimum Gasteiger partial charge on any atom is -0.482 e. The molecule has 1 saturated carbocycles. The van der Waals surface area contributed by atoms with E-state index in [4.69, 9.17) is 9.72 Å². The Labute approximate surface area is 184 Å². The first-order valence-electron chi connectivity index (χ1n) is 10.4. The summed E-state index contributed by atoms with van der Waals surface area (Å²) >= 11 is 1.52. The lowest BCUT2D eigenvalue weighted by atomic mass is 10.1. The summed E-state index contributed by atoms with van der Waals surface area (Å²) in [5, 5.41) is 5.85. The van der Waals surface area contributed by atoms with Crippen molar-refractivity contribution in [1.82, 2.24) is 15.3 Å². The Bertz CT molecular complexity index is 1110. The van der Waals surface area contributed by atoms with E-state index in [2.05, 4.69) is 10.3 Å². The van der Waals surface area contributed by atoms with Gasteiger partial charge in [-0.3, -0.25) is 19.5 Å². The first-order valence-corrected chi connectivity index (χ1v) is 11.3. The van der Waals surface area contributed by atoms with Gasteiger partial charge >= 0.3 is 0 Å². The Hall–Kier alpha value is -3.26. The largest absolute Gasteiger partial charge is 0.482 e. The van der Waals surface area contributed by atoms with Gasteiger partial charge in [0.2, 0.25) is 5.91 Å². The monoisotopic (exact) mass is 434 g/mol. The number of thiazole rings is 1. The zero-order valence-corrected chi connectivity index (χ0v) is 17.7. The molecule has 31 heavy (non-hydrogen) atoms. The molecule has 7 nitrogen and oxygen atoms in total. The van der Waals surface area contributed by atoms with Crippen molar-refractivity contribution < 1.29 is 14.3 Å². The molecule has 8 heteroatoms. The van der Waals surface area contributed by atoms with Gasteiger partial charge in [-0.15, -0.1) is 11.3 Å². The summed E-state index contributed by atoms with van der Waals surface area (Å²) < 4.78 is 5.60. The number of ether oxygens (including phenoxy) is 1. The Kier molecular flexibility index (Phi) is 5.38. The fourth-order valence-corrected chi connectivity index (χ4v) is 4.84. The van der Waals surface area contributed by atoms with E-state index >= 15 is 0 Å². The fourth-order valence-electron chi connectivity index (χ4n) is 4.04. The topological polar surface area (TPSA) is 84.4 Å². The van der Waals surface area contributed by atoms with Gasteiger partial charge in [0, 0.05) is 23.2 Å². The molecule has 1 fully saturated rings. The molecule has 0 spiro atoms. The molecule has 1 aliphatic heterocycles. The lowest BCUT2D eigenvalue weighted by Gasteiger charge is -2.29. The molecule has 3 aromatic rings. The van der Waals surface area contributed by atoms with Crippen LogP contribution in [0, 0.1) is 0 Å². The van der Waals surface area contributed by atoms with Crippen LogP contribution in [0.1, 0.15) is 25.7 Å². The van der Waals surface area contributed by atoms with Crippen LogP contribution in [-0.2, 0) is 9.59 Å². The van der Waals surface area contributed by atoms with Crippen molar-refractivity contribution in [2.24, 2.45) is 0 Å². The van der Waals surface area contributed by atoms with Gasteiger partial charge in [0.25, 0.3) is 5.91 Å². The number of pyridine rings is 1. The van der Waals surface area contributed by atoms with Crippen molar-refractivity contribution >= 4 is 28.8 Å². The van der Waals surface area contributed by atoms with Crippen molar-refractivity contribution in [1.29, 1.82) is 0 Å². The van der Waals surface area contributed by atoms with Crippen molar-refractivity contribution in [2.75, 3.05) is 18.1 Å². The molecule has 0 atom stereocenters. The molecule has 2 aromatic heterocycles. The first kappa shape index (κ1) is 19.7. The van der Waals surface area contributed by atoms with E-state index in [-0.39, 0.29) is 31.0 Å². The van der Waals surface area contributed by atoms with Gasteiger partial charge in [0.05, 0.1) is 17.1 Å². The second-order valence-corrected chi connectivity index (χ2v) is 8.61. The fraction of sp³-hybridized carbons (Fsp3) is 0.304. The maximum absolute atomic E-state index is 12.6. The zero-order chi connectivity index (χ0) is 21.2. The minimum atomic E-state index is -0.223. The molecular formula is C23H22N4O3S. The summed E-state index contributed by atoms with van der Waals surface area (Å²) in [4.78, 5) is 35.7. The van der Waals surface area contributed by atoms with Gasteiger partial charge < -0.3 is 10.1 Å². The van der Waals surface area contributed by atoms with Gasteiger partial charge in [-0.1, -0.05) is 18.9 Å². The van der Waals surface area contributed by atoms with E-state index in [1.54, 1.807) is 6.20 Å². The number of fused-ring (bicyclic) bond motifs is 1. The molecule has 2 aliphatic rings. The summed E-state index contributed by atoms with van der Waals surface area (Å²) in [5.74, 6) is 0.237. The normalized spacial score (nSPS) is 16.1. The maximum atomic E-state index is 12.6. The molecule has 0 radical (unpaired) electrons. The van der Waals surface area contributed by atoms with Crippen LogP contribution in [0.3, 0.4) is 0 Å². The van der Waals surface area contributed by atoms with Crippen LogP contribution in [0.5, 0.6) is 5.75 Å². The van der Waals surface area contributed by atoms with E-state index in [9.17, 15) is 9.59 Å². The van der Waals surface area contributed by atoms with Gasteiger partial charge in [-0.05, 0) is 43.2 Å². The number of amides is 2. The molecule has 0 unspecified atom stereocenters. The van der Waals surface area contributed by atoms with Crippen LogP contribution < -0.4 is 15.0 Å². The summed E-state index contributed by atoms with van der Waals surface area (Å²) in [6, 6.07) is 11.6. The van der Waals surface area contributed by atoms with E-state index in [0.29, 0.717) is 11.4 Å². The first-order chi connectivity index (χ1) is 15.2. The van der Waals surface area contributed by atoms with E-state index < -0.39 is 0 Å². The molecule has 0 saturated heterocycles. The second kappa shape index (κ2) is 8.47. The zero-order valence-electron chi connectivity index (χ0n) is 16.9. The molecule has 5 rings (SSSR count). The van der Waals surface area contributed by atoms with Crippen LogP contribution >= 0.6 is 11.3 Å². The SMILES string of the molecule is O=C(CN1C(=O)COc2ccc(-c3csc(-c4ccccn4)n3)cc21)NC1CCCC1. The molecule has 1 aromatic carbocycles. The summed E-state index contributed by atoms with van der Waals surface area (Å²) in [6.07, 6.45) is 6.04. The van der Waals surface area contributed by atoms with E-state index in [1.165, 1.54) is 16.2 Å². The smallest absolute Gasteiger partial charge is 0.265 e. The van der Waals surface area contributed by atoms with Crippen molar-refractivity contribution in [3.63, 3.8) is 0 Å². The maximum Gasteiger partial charge on any atom is 0.265 e. The van der Waals surface area contributed by atoms with E-state index in [0.717, 1.165) is 47.6 Å². The predicted octanol–water partition coefficient (Wildman–Crippen LogP) is 3.66. The van der Waals surface area contributed by atoms with Crippen LogP contribution in [0.15, 0.2) is 48.0 Å². The van der Waals surface area contributed by atoms with E-state index in [1.807, 2.05) is 41.8 Å². The van der Waals surface area contributed by atoms with Crippen molar-refractivity contribution in [3.8, 4) is 27.7 Å². The minimum absolute atomic E-state index is 0.00853. The lowest BCUT2D eigenvalue weighted by Crippen LogP contribution is -2.46. The number of anilines is 1. The van der Waals surface area contributed by atoms with Crippen LogP contribution in [0.25, 0.3) is 22.0 Å². The Morgan fingerprint density at radius 3 is 2.87 bits per heavy atom. The van der Waals surface area contributed by atoms with Gasteiger partial charge in [-0.2, -0.15) is 0 Å². The average Bonchev–Trinajstić information content (AvgIpc) is 3.48. The standard InChI is InChI=1S/C23H22N4O3S/c28-21(25-16-5-1-2-6-16)12-27-19-11-15(8-9-20(19)30-13-22(27)29)18-14-31-23(26-18)17-7-3-4-10-24-17/h3-4,7-11,14,16H,1-2,5-6,12-13H2,(H,25,28). The van der Waals surface area contributed by atoms with Crippen molar-refractivity contribution in [2.45, 2.75) is 31.7 Å². The third-order valence-electron chi connectivity index (χ3n) is 5.61. The molecule has 2 amide bonds. The number of carbonyl (C=O) groups excluding carboxylic acids is 2. The highest BCUT2D eigenvalue weighted by atomic mass is 32.1. The van der Waals surface area contributed by atoms with Gasteiger partial charge in [-0.25, -0.2) is 4.98 Å². The Morgan fingerprint density at radius 1 is 1.19 bits per heavy atom. The summed E-state index contributed by atoms with van der Waals surface area (Å²) in [6.45, 7) is -0.0744. The molecular weight excluding hydrogens is 412 g/mol. The number of hydrogen-bond acceptors (Lipinski definition) is 6. The number of carbonyl (C=O) groups is 2. The number of benzene rings is 1. The van der Waals surface area contributed by atoms with Gasteiger partial charge in [0.15, 0.2) is 6.61 Å².